The Hall–Kier alpha value is -0.650. The molecule has 1 heterocycles. The van der Waals surface area contributed by atoms with Crippen molar-refractivity contribution in [3.63, 3.8) is 0 Å². The third kappa shape index (κ3) is 5.47. The number of rotatable bonds is 8. The molecule has 0 bridgehead atoms. The number of nitrogens with one attached hydrogen (secondary N) is 1. The van der Waals surface area contributed by atoms with E-state index < -0.39 is 0 Å². The minimum atomic E-state index is 0.135. The molecule has 1 rings (SSSR count). The minimum Gasteiger partial charge on any atom is -0.383 e. The van der Waals surface area contributed by atoms with E-state index in [4.69, 9.17) is 4.74 Å². The second-order valence-corrected chi connectivity index (χ2v) is 5.72. The summed E-state index contributed by atoms with van der Waals surface area (Å²) in [6, 6.07) is 0. The Morgan fingerprint density at radius 1 is 1.26 bits per heavy atom. The molecule has 1 fully saturated rings. The van der Waals surface area contributed by atoms with Gasteiger partial charge in [-0.2, -0.15) is 0 Å². The molecule has 0 spiro atoms. The highest BCUT2D eigenvalue weighted by molar-refractivity contribution is 5.79. The van der Waals surface area contributed by atoms with Gasteiger partial charge in [0.25, 0.3) is 0 Å². The van der Waals surface area contributed by atoms with Crippen molar-refractivity contribution < 1.29 is 9.53 Å². The van der Waals surface area contributed by atoms with Gasteiger partial charge in [0.15, 0.2) is 0 Å². The summed E-state index contributed by atoms with van der Waals surface area (Å²) < 4.78 is 5.12. The quantitative estimate of drug-likeness (QED) is 0.688. The van der Waals surface area contributed by atoms with Crippen LogP contribution in [0, 0.1) is 11.8 Å². The Bertz CT molecular complexity index is 271. The van der Waals surface area contributed by atoms with Crippen molar-refractivity contribution in [2.75, 3.05) is 60.5 Å². The van der Waals surface area contributed by atoms with Crippen LogP contribution in [0.15, 0.2) is 0 Å². The zero-order chi connectivity index (χ0) is 14.3. The third-order valence-electron chi connectivity index (χ3n) is 3.75. The zero-order valence-electron chi connectivity index (χ0n) is 12.8. The van der Waals surface area contributed by atoms with Crippen molar-refractivity contribution in [2.24, 2.45) is 11.8 Å². The molecule has 1 saturated heterocycles. The maximum atomic E-state index is 12.6. The molecular weight excluding hydrogens is 242 g/mol. The van der Waals surface area contributed by atoms with Crippen LogP contribution in [0.4, 0.5) is 0 Å². The molecule has 5 heteroatoms. The standard InChI is InChI=1S/C14H29N3O2/c1-12-10-15-11-13(12)14(18)17(8-9-19-4)7-5-6-16(2)3/h12-13,15H,5-11H2,1-4H3/t12-,13-/m1/s1. The predicted molar refractivity (Wildman–Crippen MR) is 77.2 cm³/mol. The summed E-state index contributed by atoms with van der Waals surface area (Å²) in [6.07, 6.45) is 1.01. The summed E-state index contributed by atoms with van der Waals surface area (Å²) >= 11 is 0. The summed E-state index contributed by atoms with van der Waals surface area (Å²) in [4.78, 5) is 16.7. The first-order valence-electron chi connectivity index (χ1n) is 7.19. The molecule has 0 aromatic heterocycles. The number of hydrogen-bond acceptors (Lipinski definition) is 4. The van der Waals surface area contributed by atoms with Crippen LogP contribution in [0.2, 0.25) is 0 Å². The van der Waals surface area contributed by atoms with E-state index in [-0.39, 0.29) is 11.8 Å². The van der Waals surface area contributed by atoms with Gasteiger partial charge in [0, 0.05) is 26.7 Å². The second kappa shape index (κ2) is 8.51. The van der Waals surface area contributed by atoms with Crippen molar-refractivity contribution in [2.45, 2.75) is 13.3 Å². The second-order valence-electron chi connectivity index (χ2n) is 5.72. The molecule has 2 atom stereocenters. The van der Waals surface area contributed by atoms with Crippen molar-refractivity contribution >= 4 is 5.91 Å². The van der Waals surface area contributed by atoms with Crippen LogP contribution in [-0.2, 0) is 9.53 Å². The van der Waals surface area contributed by atoms with Gasteiger partial charge in [-0.1, -0.05) is 6.92 Å². The van der Waals surface area contributed by atoms with E-state index in [1.807, 2.05) is 4.90 Å². The highest BCUT2D eigenvalue weighted by atomic mass is 16.5. The maximum absolute atomic E-state index is 12.6. The van der Waals surface area contributed by atoms with Crippen LogP contribution in [-0.4, -0.2) is 76.2 Å². The van der Waals surface area contributed by atoms with Crippen LogP contribution >= 0.6 is 0 Å². The van der Waals surface area contributed by atoms with Gasteiger partial charge < -0.3 is 19.9 Å². The van der Waals surface area contributed by atoms with E-state index in [0.717, 1.165) is 32.6 Å². The molecule has 19 heavy (non-hydrogen) atoms. The summed E-state index contributed by atoms with van der Waals surface area (Å²) in [7, 11) is 5.80. The van der Waals surface area contributed by atoms with Crippen LogP contribution in [0.25, 0.3) is 0 Å². The lowest BCUT2D eigenvalue weighted by Crippen LogP contribution is -2.41. The fraction of sp³-hybridized carbons (Fsp3) is 0.929. The van der Waals surface area contributed by atoms with E-state index in [0.29, 0.717) is 19.1 Å². The molecule has 0 saturated carbocycles. The Balaban J connectivity index is 2.48. The largest absolute Gasteiger partial charge is 0.383 e. The fourth-order valence-electron chi connectivity index (χ4n) is 2.49. The SMILES string of the molecule is COCCN(CCCN(C)C)C(=O)[C@@H]1CNC[C@H]1C. The Labute approximate surface area is 117 Å². The van der Waals surface area contributed by atoms with Gasteiger partial charge in [-0.15, -0.1) is 0 Å². The summed E-state index contributed by atoms with van der Waals surface area (Å²) in [5, 5.41) is 3.30. The normalized spacial score (nSPS) is 23.0. The van der Waals surface area contributed by atoms with Gasteiger partial charge in [0.05, 0.1) is 12.5 Å². The molecule has 0 aromatic carbocycles. The molecule has 0 aromatic rings. The Kier molecular flexibility index (Phi) is 7.34. The lowest BCUT2D eigenvalue weighted by Gasteiger charge is -2.27. The highest BCUT2D eigenvalue weighted by Crippen LogP contribution is 2.18. The molecule has 112 valence electrons. The van der Waals surface area contributed by atoms with E-state index in [1.54, 1.807) is 7.11 Å². The molecule has 0 unspecified atom stereocenters. The average Bonchev–Trinajstić information content (AvgIpc) is 2.78. The molecule has 1 amide bonds. The first-order chi connectivity index (χ1) is 9.06. The van der Waals surface area contributed by atoms with Gasteiger partial charge in [-0.3, -0.25) is 4.79 Å². The monoisotopic (exact) mass is 271 g/mol. The molecular formula is C14H29N3O2. The first-order valence-corrected chi connectivity index (χ1v) is 7.19. The zero-order valence-corrected chi connectivity index (χ0v) is 12.8. The number of methoxy groups -OCH3 is 1. The van der Waals surface area contributed by atoms with Gasteiger partial charge in [0.1, 0.15) is 0 Å². The molecule has 0 radical (unpaired) electrons. The molecule has 1 aliphatic rings. The fourth-order valence-corrected chi connectivity index (χ4v) is 2.49. The van der Waals surface area contributed by atoms with E-state index in [2.05, 4.69) is 31.2 Å². The average molecular weight is 271 g/mol. The minimum absolute atomic E-state index is 0.135. The Morgan fingerprint density at radius 3 is 2.53 bits per heavy atom. The van der Waals surface area contributed by atoms with Gasteiger partial charge in [-0.25, -0.2) is 0 Å². The van der Waals surface area contributed by atoms with Crippen molar-refractivity contribution in [3.8, 4) is 0 Å². The van der Waals surface area contributed by atoms with Crippen LogP contribution in [0.3, 0.4) is 0 Å². The molecule has 5 nitrogen and oxygen atoms in total. The van der Waals surface area contributed by atoms with Gasteiger partial charge in [0.2, 0.25) is 5.91 Å². The van der Waals surface area contributed by atoms with Gasteiger partial charge in [-0.05, 0) is 39.5 Å². The van der Waals surface area contributed by atoms with Crippen LogP contribution < -0.4 is 5.32 Å². The number of carbonyl (C=O) groups excluding carboxylic acids is 1. The molecule has 0 aliphatic carbocycles. The highest BCUT2D eigenvalue weighted by Gasteiger charge is 2.32. The number of hydrogen-bond donors (Lipinski definition) is 1. The number of nitrogens with zero attached hydrogens (tertiary/aromatic N) is 2. The first kappa shape index (κ1) is 16.4. The van der Waals surface area contributed by atoms with Crippen molar-refractivity contribution in [3.05, 3.63) is 0 Å². The third-order valence-corrected chi connectivity index (χ3v) is 3.75. The Morgan fingerprint density at radius 2 is 2.00 bits per heavy atom. The summed E-state index contributed by atoms with van der Waals surface area (Å²) in [5.74, 6) is 0.857. The summed E-state index contributed by atoms with van der Waals surface area (Å²) in [5.41, 5.74) is 0. The van der Waals surface area contributed by atoms with Crippen molar-refractivity contribution in [1.29, 1.82) is 0 Å². The summed E-state index contributed by atoms with van der Waals surface area (Å²) in [6.45, 7) is 7.06. The number of ether oxygens (including phenoxy) is 1. The number of carbonyl (C=O) groups is 1. The van der Waals surface area contributed by atoms with E-state index >= 15 is 0 Å². The lowest BCUT2D eigenvalue weighted by atomic mass is 9.96. The lowest BCUT2D eigenvalue weighted by molar-refractivity contribution is -0.136. The number of amides is 1. The van der Waals surface area contributed by atoms with Crippen LogP contribution in [0.5, 0.6) is 0 Å². The smallest absolute Gasteiger partial charge is 0.227 e. The van der Waals surface area contributed by atoms with Crippen molar-refractivity contribution in [1.82, 2.24) is 15.1 Å². The topological polar surface area (TPSA) is 44.8 Å². The predicted octanol–water partition coefficient (Wildman–Crippen LogP) is 0.269. The van der Waals surface area contributed by atoms with Gasteiger partial charge >= 0.3 is 0 Å². The van der Waals surface area contributed by atoms with Crippen LogP contribution in [0.1, 0.15) is 13.3 Å². The molecule has 1 N–H and O–H groups in total. The van der Waals surface area contributed by atoms with E-state index in [1.165, 1.54) is 0 Å². The maximum Gasteiger partial charge on any atom is 0.227 e. The van der Waals surface area contributed by atoms with E-state index in [9.17, 15) is 4.79 Å². The molecule has 1 aliphatic heterocycles.